The minimum Gasteiger partial charge on any atom is -0.309 e. The summed E-state index contributed by atoms with van der Waals surface area (Å²) in [6.07, 6.45) is 1.15. The second-order valence-electron chi connectivity index (χ2n) is 5.18. The minimum absolute atomic E-state index is 0.381. The van der Waals surface area contributed by atoms with E-state index in [4.69, 9.17) is 11.6 Å². The van der Waals surface area contributed by atoms with Crippen LogP contribution >= 0.6 is 23.4 Å². The summed E-state index contributed by atoms with van der Waals surface area (Å²) in [4.78, 5) is 1.26. The van der Waals surface area contributed by atoms with Crippen LogP contribution in [-0.4, -0.2) is 12.3 Å². The van der Waals surface area contributed by atoms with Gasteiger partial charge in [0.05, 0.1) is 0 Å². The highest BCUT2D eigenvalue weighted by Gasteiger charge is 2.11. The molecule has 0 aliphatic heterocycles. The Bertz CT molecular complexity index is 536. The highest BCUT2D eigenvalue weighted by Crippen LogP contribution is 2.26. The first-order valence-electron chi connectivity index (χ1n) is 7.37. The summed E-state index contributed by atoms with van der Waals surface area (Å²) in [6.45, 7) is 5.37. The number of aryl methyl sites for hydroxylation is 1. The lowest BCUT2D eigenvalue weighted by atomic mass is 10.1. The highest BCUT2D eigenvalue weighted by atomic mass is 35.5. The summed E-state index contributed by atoms with van der Waals surface area (Å²) in [5.41, 5.74) is 2.66. The Labute approximate surface area is 137 Å². The third-order valence-corrected chi connectivity index (χ3v) is 4.71. The van der Waals surface area contributed by atoms with Gasteiger partial charge in [-0.15, -0.1) is 11.8 Å². The maximum Gasteiger partial charge on any atom is 0.0415 e. The van der Waals surface area contributed by atoms with Crippen LogP contribution in [0.2, 0.25) is 5.02 Å². The molecule has 3 heteroatoms. The van der Waals surface area contributed by atoms with Gasteiger partial charge in [-0.25, -0.2) is 0 Å². The fourth-order valence-electron chi connectivity index (χ4n) is 2.10. The summed E-state index contributed by atoms with van der Waals surface area (Å²) in [5.74, 6) is 1.02. The molecule has 2 aromatic carbocycles. The molecule has 2 aromatic rings. The molecule has 1 nitrogen and oxygen atoms in total. The minimum atomic E-state index is 0.381. The van der Waals surface area contributed by atoms with Gasteiger partial charge in [0.1, 0.15) is 0 Å². The van der Waals surface area contributed by atoms with Crippen molar-refractivity contribution in [3.63, 3.8) is 0 Å². The Morgan fingerprint density at radius 1 is 1.05 bits per heavy atom. The van der Waals surface area contributed by atoms with E-state index in [0.717, 1.165) is 23.7 Å². The van der Waals surface area contributed by atoms with Gasteiger partial charge in [0.25, 0.3) is 0 Å². The van der Waals surface area contributed by atoms with Crippen molar-refractivity contribution in [3.8, 4) is 0 Å². The molecule has 0 saturated carbocycles. The molecule has 0 heterocycles. The molecule has 1 atom stereocenters. The largest absolute Gasteiger partial charge is 0.309 e. The normalized spacial score (nSPS) is 12.3. The highest BCUT2D eigenvalue weighted by molar-refractivity contribution is 7.99. The van der Waals surface area contributed by atoms with Crippen LogP contribution in [0.4, 0.5) is 0 Å². The molecule has 0 aromatic heterocycles. The van der Waals surface area contributed by atoms with Crippen LogP contribution in [0.15, 0.2) is 53.4 Å². The first-order valence-corrected chi connectivity index (χ1v) is 8.73. The number of rotatable bonds is 7. The van der Waals surface area contributed by atoms with E-state index in [1.165, 1.54) is 16.0 Å². The summed E-state index contributed by atoms with van der Waals surface area (Å²) < 4.78 is 0. The molecule has 0 aliphatic rings. The van der Waals surface area contributed by atoms with Crippen molar-refractivity contribution in [2.24, 2.45) is 0 Å². The van der Waals surface area contributed by atoms with Crippen molar-refractivity contribution in [2.45, 2.75) is 31.2 Å². The number of nitrogens with one attached hydrogen (secondary N) is 1. The van der Waals surface area contributed by atoms with Crippen molar-refractivity contribution < 1.29 is 0 Å². The van der Waals surface area contributed by atoms with Gasteiger partial charge in [-0.05, 0) is 49.7 Å². The molecule has 0 aliphatic carbocycles. The third kappa shape index (κ3) is 5.39. The predicted octanol–water partition coefficient (Wildman–Crippen LogP) is 5.48. The molecule has 0 saturated heterocycles. The summed E-state index contributed by atoms with van der Waals surface area (Å²) in [6, 6.07) is 17.3. The molecule has 21 heavy (non-hydrogen) atoms. The molecule has 0 amide bonds. The number of halogens is 1. The Morgan fingerprint density at radius 3 is 2.33 bits per heavy atom. The van der Waals surface area contributed by atoms with Crippen molar-refractivity contribution in [2.75, 3.05) is 12.3 Å². The van der Waals surface area contributed by atoms with Gasteiger partial charge in [-0.3, -0.25) is 0 Å². The van der Waals surface area contributed by atoms with Crippen molar-refractivity contribution >= 4 is 23.4 Å². The number of benzene rings is 2. The molecule has 0 bridgehead atoms. The zero-order chi connectivity index (χ0) is 15.1. The molecule has 2 rings (SSSR count). The van der Waals surface area contributed by atoms with E-state index in [1.54, 1.807) is 0 Å². The lowest BCUT2D eigenvalue weighted by molar-refractivity contribution is 0.577. The van der Waals surface area contributed by atoms with Crippen LogP contribution in [0.3, 0.4) is 0 Å². The van der Waals surface area contributed by atoms with Gasteiger partial charge in [0, 0.05) is 21.7 Å². The third-order valence-electron chi connectivity index (χ3n) is 3.35. The van der Waals surface area contributed by atoms with E-state index < -0.39 is 0 Å². The standard InChI is InChI=1S/C18H22ClNS/c1-3-12-20-18(15-6-4-14(2)5-7-15)13-21-17-10-8-16(19)9-11-17/h4-11,18,20H,3,12-13H2,1-2H3. The fourth-order valence-corrected chi connectivity index (χ4v) is 3.22. The topological polar surface area (TPSA) is 12.0 Å². The van der Waals surface area contributed by atoms with E-state index in [2.05, 4.69) is 55.6 Å². The monoisotopic (exact) mass is 319 g/mol. The number of hydrogen-bond acceptors (Lipinski definition) is 2. The lowest BCUT2D eigenvalue weighted by Gasteiger charge is -2.19. The van der Waals surface area contributed by atoms with Crippen LogP contribution in [0, 0.1) is 6.92 Å². The summed E-state index contributed by atoms with van der Waals surface area (Å²) >= 11 is 7.80. The lowest BCUT2D eigenvalue weighted by Crippen LogP contribution is -2.24. The maximum absolute atomic E-state index is 5.93. The van der Waals surface area contributed by atoms with Crippen LogP contribution in [0.1, 0.15) is 30.5 Å². The second kappa shape index (κ2) is 8.47. The van der Waals surface area contributed by atoms with Crippen molar-refractivity contribution in [3.05, 3.63) is 64.7 Å². The second-order valence-corrected chi connectivity index (χ2v) is 6.71. The molecule has 0 fully saturated rings. The fraction of sp³-hybridized carbons (Fsp3) is 0.333. The SMILES string of the molecule is CCCNC(CSc1ccc(Cl)cc1)c1ccc(C)cc1. The molecular formula is C18H22ClNS. The van der Waals surface area contributed by atoms with Gasteiger partial charge >= 0.3 is 0 Å². The Balaban J connectivity index is 2.02. The predicted molar refractivity (Wildman–Crippen MR) is 94.4 cm³/mol. The molecule has 0 spiro atoms. The Morgan fingerprint density at radius 2 is 1.71 bits per heavy atom. The van der Waals surface area contributed by atoms with E-state index in [9.17, 15) is 0 Å². The zero-order valence-corrected chi connectivity index (χ0v) is 14.2. The number of hydrogen-bond donors (Lipinski definition) is 1. The van der Waals surface area contributed by atoms with Gasteiger partial charge in [0.15, 0.2) is 0 Å². The van der Waals surface area contributed by atoms with Crippen molar-refractivity contribution in [1.29, 1.82) is 0 Å². The van der Waals surface area contributed by atoms with Crippen LogP contribution in [0.25, 0.3) is 0 Å². The summed E-state index contributed by atoms with van der Waals surface area (Å²) in [5, 5.41) is 4.43. The van der Waals surface area contributed by atoms with Gasteiger partial charge < -0.3 is 5.32 Å². The zero-order valence-electron chi connectivity index (χ0n) is 12.6. The number of thioether (sulfide) groups is 1. The Kier molecular flexibility index (Phi) is 6.62. The van der Waals surface area contributed by atoms with E-state index >= 15 is 0 Å². The molecule has 1 N–H and O–H groups in total. The summed E-state index contributed by atoms with van der Waals surface area (Å²) in [7, 11) is 0. The maximum atomic E-state index is 5.93. The first-order chi connectivity index (χ1) is 10.2. The van der Waals surface area contributed by atoms with Crippen molar-refractivity contribution in [1.82, 2.24) is 5.32 Å². The molecule has 112 valence electrons. The first kappa shape index (κ1) is 16.4. The van der Waals surface area contributed by atoms with Crippen LogP contribution in [-0.2, 0) is 0 Å². The van der Waals surface area contributed by atoms with Gasteiger partial charge in [-0.1, -0.05) is 48.4 Å². The molecule has 0 radical (unpaired) electrons. The molecule has 1 unspecified atom stereocenters. The van der Waals surface area contributed by atoms with Gasteiger partial charge in [0.2, 0.25) is 0 Å². The quantitative estimate of drug-likeness (QED) is 0.678. The van der Waals surface area contributed by atoms with E-state index in [0.29, 0.717) is 6.04 Å². The van der Waals surface area contributed by atoms with E-state index in [-0.39, 0.29) is 0 Å². The average molecular weight is 320 g/mol. The van der Waals surface area contributed by atoms with Crippen LogP contribution < -0.4 is 5.32 Å². The molecular weight excluding hydrogens is 298 g/mol. The van der Waals surface area contributed by atoms with Gasteiger partial charge in [-0.2, -0.15) is 0 Å². The Hall–Kier alpha value is -0.960. The average Bonchev–Trinajstić information content (AvgIpc) is 2.50. The van der Waals surface area contributed by atoms with Crippen LogP contribution in [0.5, 0.6) is 0 Å². The smallest absolute Gasteiger partial charge is 0.0415 e. The van der Waals surface area contributed by atoms with E-state index in [1.807, 2.05) is 23.9 Å².